The molecule has 2 aromatic rings. The molecule has 0 amide bonds. The minimum Gasteiger partial charge on any atom is -0.313 e. The number of nitrogens with one attached hydrogen (secondary N) is 1. The molecule has 1 atom stereocenters. The van der Waals surface area contributed by atoms with Gasteiger partial charge in [0, 0.05) is 10.9 Å². The maximum Gasteiger partial charge on any atom is 0.0358 e. The summed E-state index contributed by atoms with van der Waals surface area (Å²) in [5.41, 5.74) is 2.72. The summed E-state index contributed by atoms with van der Waals surface area (Å²) < 4.78 is 0. The predicted molar refractivity (Wildman–Crippen MR) is 84.8 cm³/mol. The van der Waals surface area contributed by atoms with Crippen LogP contribution in [0.25, 0.3) is 0 Å². The molecule has 0 aromatic heterocycles. The van der Waals surface area contributed by atoms with Crippen molar-refractivity contribution in [3.05, 3.63) is 65.7 Å². The molecule has 1 N–H and O–H groups in total. The molecule has 0 saturated heterocycles. The van der Waals surface area contributed by atoms with Gasteiger partial charge in [-0.25, -0.2) is 0 Å². The first-order valence-corrected chi connectivity index (χ1v) is 7.76. The lowest BCUT2D eigenvalue weighted by Crippen LogP contribution is -2.18. The van der Waals surface area contributed by atoms with E-state index in [2.05, 4.69) is 66.8 Å². The van der Waals surface area contributed by atoms with Crippen molar-refractivity contribution in [2.45, 2.75) is 24.3 Å². The van der Waals surface area contributed by atoms with Crippen LogP contribution in [-0.4, -0.2) is 12.8 Å². The number of hydrogen-bond donors (Lipinski definition) is 1. The lowest BCUT2D eigenvalue weighted by molar-refractivity contribution is 0.591. The Bertz CT molecular complexity index is 478. The first kappa shape index (κ1) is 14.2. The number of likely N-dealkylation sites (N-methyl/N-ethyl adjacent to an activating group) is 1. The SMILES string of the molecule is CCSc1ccc(C(Cc2ccccc2)NC)cc1. The first-order chi connectivity index (χ1) is 9.33. The van der Waals surface area contributed by atoms with Gasteiger partial charge >= 0.3 is 0 Å². The molecular weight excluding hydrogens is 250 g/mol. The quantitative estimate of drug-likeness (QED) is 0.786. The molecule has 2 heteroatoms. The van der Waals surface area contributed by atoms with E-state index in [1.54, 1.807) is 0 Å². The van der Waals surface area contributed by atoms with E-state index in [-0.39, 0.29) is 0 Å². The second kappa shape index (κ2) is 7.37. The van der Waals surface area contributed by atoms with Crippen molar-refractivity contribution in [3.63, 3.8) is 0 Å². The smallest absolute Gasteiger partial charge is 0.0358 e. The lowest BCUT2D eigenvalue weighted by atomic mass is 9.99. The Labute approximate surface area is 120 Å². The van der Waals surface area contributed by atoms with Crippen LogP contribution in [0.2, 0.25) is 0 Å². The summed E-state index contributed by atoms with van der Waals surface area (Å²) in [5, 5.41) is 3.41. The zero-order valence-corrected chi connectivity index (χ0v) is 12.4. The summed E-state index contributed by atoms with van der Waals surface area (Å²) >= 11 is 1.89. The summed E-state index contributed by atoms with van der Waals surface area (Å²) in [7, 11) is 2.03. The van der Waals surface area contributed by atoms with Crippen molar-refractivity contribution in [3.8, 4) is 0 Å². The molecule has 0 aliphatic heterocycles. The van der Waals surface area contributed by atoms with Crippen molar-refractivity contribution >= 4 is 11.8 Å². The van der Waals surface area contributed by atoms with Crippen LogP contribution in [0.1, 0.15) is 24.1 Å². The van der Waals surface area contributed by atoms with Crippen LogP contribution < -0.4 is 5.32 Å². The summed E-state index contributed by atoms with van der Waals surface area (Å²) in [6.07, 6.45) is 1.03. The third-order valence-electron chi connectivity index (χ3n) is 3.22. The monoisotopic (exact) mass is 271 g/mol. The van der Waals surface area contributed by atoms with E-state index in [0.717, 1.165) is 12.2 Å². The van der Waals surface area contributed by atoms with Gasteiger partial charge in [0.25, 0.3) is 0 Å². The molecule has 0 aliphatic carbocycles. The van der Waals surface area contributed by atoms with Crippen LogP contribution in [0, 0.1) is 0 Å². The van der Waals surface area contributed by atoms with Crippen LogP contribution in [0.15, 0.2) is 59.5 Å². The maximum absolute atomic E-state index is 3.41. The van der Waals surface area contributed by atoms with Crippen molar-refractivity contribution in [2.75, 3.05) is 12.8 Å². The predicted octanol–water partition coefficient (Wildman–Crippen LogP) is 4.30. The summed E-state index contributed by atoms with van der Waals surface area (Å²) in [5.74, 6) is 1.12. The molecule has 100 valence electrons. The third kappa shape index (κ3) is 4.12. The van der Waals surface area contributed by atoms with Crippen molar-refractivity contribution in [1.29, 1.82) is 0 Å². The Morgan fingerprint density at radius 1 is 1.00 bits per heavy atom. The van der Waals surface area contributed by atoms with Crippen molar-refractivity contribution < 1.29 is 0 Å². The van der Waals surface area contributed by atoms with Gasteiger partial charge in [0.2, 0.25) is 0 Å². The molecule has 2 aromatic carbocycles. The van der Waals surface area contributed by atoms with Gasteiger partial charge in [-0.2, -0.15) is 0 Å². The fourth-order valence-electron chi connectivity index (χ4n) is 2.20. The van der Waals surface area contributed by atoms with Gasteiger partial charge in [0.05, 0.1) is 0 Å². The highest BCUT2D eigenvalue weighted by molar-refractivity contribution is 7.99. The Balaban J connectivity index is 2.08. The Morgan fingerprint density at radius 3 is 2.26 bits per heavy atom. The summed E-state index contributed by atoms with van der Waals surface area (Å²) in [6, 6.07) is 19.9. The summed E-state index contributed by atoms with van der Waals surface area (Å²) in [4.78, 5) is 1.35. The van der Waals surface area contributed by atoms with Crippen molar-refractivity contribution in [2.24, 2.45) is 0 Å². The molecule has 2 rings (SSSR count). The molecule has 1 nitrogen and oxygen atoms in total. The van der Waals surface area contributed by atoms with E-state index >= 15 is 0 Å². The van der Waals surface area contributed by atoms with Gasteiger partial charge in [0.15, 0.2) is 0 Å². The molecular formula is C17H21NS. The van der Waals surface area contributed by atoms with Crippen LogP contribution in [0.3, 0.4) is 0 Å². The highest BCUT2D eigenvalue weighted by atomic mass is 32.2. The molecule has 0 spiro atoms. The number of hydrogen-bond acceptors (Lipinski definition) is 2. The fourth-order valence-corrected chi connectivity index (χ4v) is 2.86. The van der Waals surface area contributed by atoms with Crippen LogP contribution >= 0.6 is 11.8 Å². The Hall–Kier alpha value is -1.25. The van der Waals surface area contributed by atoms with E-state index in [4.69, 9.17) is 0 Å². The van der Waals surface area contributed by atoms with Gasteiger partial charge < -0.3 is 5.32 Å². The highest BCUT2D eigenvalue weighted by Crippen LogP contribution is 2.22. The molecule has 0 saturated carbocycles. The van der Waals surface area contributed by atoms with Gasteiger partial charge in [-0.05, 0) is 42.5 Å². The fraction of sp³-hybridized carbons (Fsp3) is 0.294. The van der Waals surface area contributed by atoms with Crippen LogP contribution in [-0.2, 0) is 6.42 Å². The van der Waals surface area contributed by atoms with Crippen molar-refractivity contribution in [1.82, 2.24) is 5.32 Å². The second-order valence-corrected chi connectivity index (χ2v) is 5.87. The third-order valence-corrected chi connectivity index (χ3v) is 4.12. The molecule has 0 heterocycles. The minimum absolute atomic E-state index is 0.378. The average molecular weight is 271 g/mol. The zero-order chi connectivity index (χ0) is 13.5. The molecule has 1 unspecified atom stereocenters. The van der Waals surface area contributed by atoms with E-state index in [1.165, 1.54) is 16.0 Å². The Kier molecular flexibility index (Phi) is 5.49. The van der Waals surface area contributed by atoms with Gasteiger partial charge in [0.1, 0.15) is 0 Å². The van der Waals surface area contributed by atoms with Gasteiger partial charge in [-0.3, -0.25) is 0 Å². The lowest BCUT2D eigenvalue weighted by Gasteiger charge is -2.17. The van der Waals surface area contributed by atoms with Crippen LogP contribution in [0.4, 0.5) is 0 Å². The largest absolute Gasteiger partial charge is 0.313 e. The number of benzene rings is 2. The average Bonchev–Trinajstić information content (AvgIpc) is 2.47. The number of thioether (sulfide) groups is 1. The molecule has 0 fully saturated rings. The summed E-state index contributed by atoms with van der Waals surface area (Å²) in [6.45, 7) is 2.18. The molecule has 19 heavy (non-hydrogen) atoms. The minimum atomic E-state index is 0.378. The number of rotatable bonds is 6. The van der Waals surface area contributed by atoms with Gasteiger partial charge in [-0.15, -0.1) is 11.8 Å². The molecule has 0 aliphatic rings. The normalized spacial score (nSPS) is 12.3. The van der Waals surface area contributed by atoms with E-state index in [9.17, 15) is 0 Å². The topological polar surface area (TPSA) is 12.0 Å². The molecule has 0 radical (unpaired) electrons. The highest BCUT2D eigenvalue weighted by Gasteiger charge is 2.09. The van der Waals surface area contributed by atoms with E-state index in [1.807, 2.05) is 18.8 Å². The van der Waals surface area contributed by atoms with Crippen LogP contribution in [0.5, 0.6) is 0 Å². The molecule has 0 bridgehead atoms. The van der Waals surface area contributed by atoms with Gasteiger partial charge in [-0.1, -0.05) is 49.4 Å². The standard InChI is InChI=1S/C17H21NS/c1-3-19-16-11-9-15(10-12-16)17(18-2)13-14-7-5-4-6-8-14/h4-12,17-18H,3,13H2,1-2H3. The first-order valence-electron chi connectivity index (χ1n) is 6.77. The zero-order valence-electron chi connectivity index (χ0n) is 11.6. The maximum atomic E-state index is 3.41. The second-order valence-electron chi connectivity index (χ2n) is 4.53. The Morgan fingerprint density at radius 2 is 1.68 bits per heavy atom. The van der Waals surface area contributed by atoms with E-state index < -0.39 is 0 Å². The van der Waals surface area contributed by atoms with E-state index in [0.29, 0.717) is 6.04 Å².